The fourth-order valence-electron chi connectivity index (χ4n) is 1.39. The van der Waals surface area contributed by atoms with E-state index in [2.05, 4.69) is 10.1 Å². The van der Waals surface area contributed by atoms with Gasteiger partial charge in [0.25, 0.3) is 11.6 Å². The monoisotopic (exact) mass is 235 g/mol. The fourth-order valence-corrected chi connectivity index (χ4v) is 1.39. The van der Waals surface area contributed by atoms with Crippen molar-refractivity contribution in [3.63, 3.8) is 0 Å². The van der Waals surface area contributed by atoms with E-state index < -0.39 is 4.92 Å². The van der Waals surface area contributed by atoms with Crippen molar-refractivity contribution in [2.24, 2.45) is 0 Å². The number of benzene rings is 1. The first-order chi connectivity index (χ1) is 8.11. The topological polar surface area (TPSA) is 102 Å². The SMILES string of the molecule is Cc1ccc([N+](=O)[O-])cc1-c1noc(CO)n1. The molecule has 0 saturated carbocycles. The lowest BCUT2D eigenvalue weighted by Crippen LogP contribution is -1.92. The van der Waals surface area contributed by atoms with Crippen LogP contribution in [-0.4, -0.2) is 20.2 Å². The largest absolute Gasteiger partial charge is 0.387 e. The van der Waals surface area contributed by atoms with Crippen LogP contribution in [-0.2, 0) is 6.61 Å². The molecule has 1 aromatic carbocycles. The lowest BCUT2D eigenvalue weighted by Gasteiger charge is -1.99. The van der Waals surface area contributed by atoms with Crippen molar-refractivity contribution in [2.75, 3.05) is 0 Å². The van der Waals surface area contributed by atoms with Crippen LogP contribution < -0.4 is 0 Å². The van der Waals surface area contributed by atoms with Crippen molar-refractivity contribution >= 4 is 5.69 Å². The summed E-state index contributed by atoms with van der Waals surface area (Å²) in [6.45, 7) is 1.43. The summed E-state index contributed by atoms with van der Waals surface area (Å²) >= 11 is 0. The van der Waals surface area contributed by atoms with E-state index in [0.29, 0.717) is 5.56 Å². The Morgan fingerprint density at radius 1 is 1.53 bits per heavy atom. The summed E-state index contributed by atoms with van der Waals surface area (Å²) < 4.78 is 4.74. The Kier molecular flexibility index (Phi) is 2.84. The molecule has 7 nitrogen and oxygen atoms in total. The molecular weight excluding hydrogens is 226 g/mol. The number of rotatable bonds is 3. The van der Waals surface area contributed by atoms with Gasteiger partial charge in [-0.2, -0.15) is 4.98 Å². The molecular formula is C10H9N3O4. The fraction of sp³-hybridized carbons (Fsp3) is 0.200. The first kappa shape index (κ1) is 11.2. The van der Waals surface area contributed by atoms with Crippen molar-refractivity contribution in [2.45, 2.75) is 13.5 Å². The normalized spacial score (nSPS) is 10.5. The van der Waals surface area contributed by atoms with Crippen LogP contribution in [0.25, 0.3) is 11.4 Å². The number of aryl methyl sites for hydroxylation is 1. The highest BCUT2D eigenvalue weighted by Crippen LogP contribution is 2.25. The summed E-state index contributed by atoms with van der Waals surface area (Å²) in [5, 5.41) is 23.1. The summed E-state index contributed by atoms with van der Waals surface area (Å²) in [6.07, 6.45) is 0. The maximum absolute atomic E-state index is 10.7. The average Bonchev–Trinajstić information content (AvgIpc) is 2.77. The second kappa shape index (κ2) is 4.30. The highest BCUT2D eigenvalue weighted by Gasteiger charge is 2.14. The van der Waals surface area contributed by atoms with Crippen molar-refractivity contribution in [3.8, 4) is 11.4 Å². The Morgan fingerprint density at radius 3 is 2.88 bits per heavy atom. The van der Waals surface area contributed by atoms with Crippen LogP contribution in [0.5, 0.6) is 0 Å². The van der Waals surface area contributed by atoms with Crippen molar-refractivity contribution in [1.82, 2.24) is 10.1 Å². The molecule has 0 atom stereocenters. The summed E-state index contributed by atoms with van der Waals surface area (Å²) in [6, 6.07) is 4.40. The number of hydrogen-bond donors (Lipinski definition) is 1. The lowest BCUT2D eigenvalue weighted by molar-refractivity contribution is -0.384. The Balaban J connectivity index is 2.49. The van der Waals surface area contributed by atoms with E-state index in [1.807, 2.05) is 0 Å². The Hall–Kier alpha value is -2.28. The van der Waals surface area contributed by atoms with Gasteiger partial charge in [-0.1, -0.05) is 11.2 Å². The van der Waals surface area contributed by atoms with Gasteiger partial charge in [0, 0.05) is 17.7 Å². The Bertz CT molecular complexity index is 564. The smallest absolute Gasteiger partial charge is 0.270 e. The second-order valence-corrected chi connectivity index (χ2v) is 3.43. The Labute approximate surface area is 95.9 Å². The molecule has 0 spiro atoms. The minimum Gasteiger partial charge on any atom is -0.387 e. The zero-order valence-electron chi connectivity index (χ0n) is 8.95. The molecule has 2 aromatic rings. The molecule has 2 rings (SSSR count). The first-order valence-electron chi connectivity index (χ1n) is 4.80. The van der Waals surface area contributed by atoms with Crippen molar-refractivity contribution in [3.05, 3.63) is 39.8 Å². The summed E-state index contributed by atoms with van der Waals surface area (Å²) in [5.74, 6) is 0.307. The molecule has 88 valence electrons. The van der Waals surface area contributed by atoms with Crippen molar-refractivity contribution < 1.29 is 14.6 Å². The van der Waals surface area contributed by atoms with Gasteiger partial charge in [-0.25, -0.2) is 0 Å². The zero-order chi connectivity index (χ0) is 12.4. The van der Waals surface area contributed by atoms with Gasteiger partial charge in [0.2, 0.25) is 5.82 Å². The maximum atomic E-state index is 10.7. The first-order valence-corrected chi connectivity index (χ1v) is 4.80. The highest BCUT2D eigenvalue weighted by atomic mass is 16.6. The minimum atomic E-state index is -0.490. The van der Waals surface area contributed by atoms with E-state index in [4.69, 9.17) is 9.63 Å². The lowest BCUT2D eigenvalue weighted by atomic mass is 10.1. The molecule has 0 aliphatic heterocycles. The molecule has 0 radical (unpaired) electrons. The van der Waals surface area contributed by atoms with E-state index in [1.54, 1.807) is 13.0 Å². The van der Waals surface area contributed by atoms with Gasteiger partial charge < -0.3 is 9.63 Å². The van der Waals surface area contributed by atoms with Gasteiger partial charge in [-0.15, -0.1) is 0 Å². The minimum absolute atomic E-state index is 0.0408. The zero-order valence-corrected chi connectivity index (χ0v) is 8.95. The van der Waals surface area contributed by atoms with Crippen LogP contribution in [0, 0.1) is 17.0 Å². The van der Waals surface area contributed by atoms with Gasteiger partial charge in [-0.05, 0) is 12.5 Å². The number of hydrogen-bond acceptors (Lipinski definition) is 6. The molecule has 1 N–H and O–H groups in total. The van der Waals surface area contributed by atoms with Gasteiger partial charge in [-0.3, -0.25) is 10.1 Å². The van der Waals surface area contributed by atoms with E-state index in [9.17, 15) is 10.1 Å². The molecule has 17 heavy (non-hydrogen) atoms. The van der Waals surface area contributed by atoms with Gasteiger partial charge in [0.05, 0.1) is 4.92 Å². The molecule has 0 bridgehead atoms. The molecule has 0 unspecified atom stereocenters. The summed E-state index contributed by atoms with van der Waals surface area (Å²) in [7, 11) is 0. The van der Waals surface area contributed by atoms with Crippen LogP contribution in [0.3, 0.4) is 0 Å². The average molecular weight is 235 g/mol. The number of aliphatic hydroxyl groups is 1. The third kappa shape index (κ3) is 2.13. The molecule has 0 fully saturated rings. The standard InChI is InChI=1S/C10H9N3O4/c1-6-2-3-7(13(15)16)4-8(6)10-11-9(5-14)17-12-10/h2-4,14H,5H2,1H3. The van der Waals surface area contributed by atoms with Gasteiger partial charge >= 0.3 is 0 Å². The number of nitrogens with zero attached hydrogens (tertiary/aromatic N) is 3. The van der Waals surface area contributed by atoms with Crippen LogP contribution in [0.1, 0.15) is 11.5 Å². The van der Waals surface area contributed by atoms with Crippen LogP contribution in [0.15, 0.2) is 22.7 Å². The van der Waals surface area contributed by atoms with Crippen molar-refractivity contribution in [1.29, 1.82) is 0 Å². The van der Waals surface area contributed by atoms with Crippen LogP contribution in [0.2, 0.25) is 0 Å². The van der Waals surface area contributed by atoms with E-state index in [0.717, 1.165) is 5.56 Å². The number of non-ortho nitro benzene ring substituents is 1. The molecule has 7 heteroatoms. The molecule has 0 aliphatic rings. The molecule has 0 saturated heterocycles. The Morgan fingerprint density at radius 2 is 2.29 bits per heavy atom. The highest BCUT2D eigenvalue weighted by molar-refractivity contribution is 5.63. The van der Waals surface area contributed by atoms with E-state index >= 15 is 0 Å². The maximum Gasteiger partial charge on any atom is 0.270 e. The number of aliphatic hydroxyl groups excluding tert-OH is 1. The third-order valence-electron chi connectivity index (χ3n) is 2.28. The number of aromatic nitrogens is 2. The predicted molar refractivity (Wildman–Crippen MR) is 57.0 cm³/mol. The summed E-state index contributed by atoms with van der Waals surface area (Å²) in [5.41, 5.74) is 1.27. The third-order valence-corrected chi connectivity index (χ3v) is 2.28. The van der Waals surface area contributed by atoms with E-state index in [1.165, 1.54) is 12.1 Å². The molecule has 1 heterocycles. The molecule has 1 aromatic heterocycles. The predicted octanol–water partition coefficient (Wildman–Crippen LogP) is 1.45. The second-order valence-electron chi connectivity index (χ2n) is 3.43. The van der Waals surface area contributed by atoms with Gasteiger partial charge in [0.15, 0.2) is 0 Å². The van der Waals surface area contributed by atoms with Gasteiger partial charge in [0.1, 0.15) is 6.61 Å². The number of nitro groups is 1. The summed E-state index contributed by atoms with van der Waals surface area (Å²) in [4.78, 5) is 14.1. The van der Waals surface area contributed by atoms with Crippen LogP contribution >= 0.6 is 0 Å². The quantitative estimate of drug-likeness (QED) is 0.637. The molecule has 0 aliphatic carbocycles. The number of nitro benzene ring substituents is 1. The van der Waals surface area contributed by atoms with E-state index in [-0.39, 0.29) is 24.0 Å². The molecule has 0 amide bonds. The van der Waals surface area contributed by atoms with Crippen LogP contribution in [0.4, 0.5) is 5.69 Å².